The number of nitrogens with one attached hydrogen (secondary N) is 2. The summed E-state index contributed by atoms with van der Waals surface area (Å²) >= 11 is 0. The van der Waals surface area contributed by atoms with Crippen molar-refractivity contribution >= 4 is 29.9 Å². The van der Waals surface area contributed by atoms with Crippen molar-refractivity contribution in [2.75, 3.05) is 14.2 Å². The molecule has 1 unspecified atom stereocenters. The van der Waals surface area contributed by atoms with E-state index in [-0.39, 0.29) is 30.0 Å². The largest absolute Gasteiger partial charge is 0.377 e. The van der Waals surface area contributed by atoms with E-state index in [2.05, 4.69) is 65.6 Å². The number of aryl methyl sites for hydroxylation is 3. The van der Waals surface area contributed by atoms with E-state index in [1.807, 2.05) is 17.1 Å². The van der Waals surface area contributed by atoms with Crippen molar-refractivity contribution in [3.63, 3.8) is 0 Å². The maximum absolute atomic E-state index is 5.15. The molecule has 2 N–H and O–H groups in total. The molecule has 0 saturated heterocycles. The number of fused-ring (bicyclic) bond motifs is 1. The summed E-state index contributed by atoms with van der Waals surface area (Å²) in [5.41, 5.74) is 1.37. The lowest BCUT2D eigenvalue weighted by Gasteiger charge is -2.25. The zero-order valence-corrected chi connectivity index (χ0v) is 21.6. The van der Waals surface area contributed by atoms with Crippen LogP contribution < -0.4 is 10.6 Å². The molecular formula is C23H33IN8O. The van der Waals surface area contributed by atoms with Gasteiger partial charge in [-0.3, -0.25) is 4.99 Å². The van der Waals surface area contributed by atoms with Gasteiger partial charge in [-0.25, -0.2) is 14.6 Å². The summed E-state index contributed by atoms with van der Waals surface area (Å²) in [6.45, 7) is 2.77. The molecule has 0 fully saturated rings. The molecule has 33 heavy (non-hydrogen) atoms. The highest BCUT2D eigenvalue weighted by Gasteiger charge is 2.22. The van der Waals surface area contributed by atoms with Gasteiger partial charge in [-0.2, -0.15) is 5.10 Å². The van der Waals surface area contributed by atoms with E-state index in [1.54, 1.807) is 14.2 Å². The molecule has 0 spiro atoms. The van der Waals surface area contributed by atoms with Crippen molar-refractivity contribution in [3.05, 3.63) is 65.8 Å². The lowest BCUT2D eigenvalue weighted by atomic mass is 10.1. The molecule has 3 aromatic rings. The minimum atomic E-state index is 0. The Bertz CT molecular complexity index is 1020. The van der Waals surface area contributed by atoms with Crippen LogP contribution in [0.1, 0.15) is 35.9 Å². The lowest BCUT2D eigenvalue weighted by Crippen LogP contribution is -2.47. The normalized spacial score (nSPS) is 15.6. The minimum Gasteiger partial charge on any atom is -0.377 e. The van der Waals surface area contributed by atoms with Gasteiger partial charge in [0, 0.05) is 45.6 Å². The second kappa shape index (κ2) is 12.7. The van der Waals surface area contributed by atoms with E-state index < -0.39 is 0 Å². The van der Waals surface area contributed by atoms with Gasteiger partial charge in [-0.1, -0.05) is 30.3 Å². The SMILES string of the molecule is CN=C(NCc1nccn1CCCc1ccccc1)NC1CCc2nc(COC)nn2C1.I. The summed E-state index contributed by atoms with van der Waals surface area (Å²) in [4.78, 5) is 13.5. The van der Waals surface area contributed by atoms with Gasteiger partial charge in [-0.15, -0.1) is 24.0 Å². The van der Waals surface area contributed by atoms with Crippen LogP contribution in [0.4, 0.5) is 0 Å². The Hall–Kier alpha value is -2.47. The smallest absolute Gasteiger partial charge is 0.191 e. The van der Waals surface area contributed by atoms with E-state index in [0.29, 0.717) is 13.2 Å². The third-order valence-corrected chi connectivity index (χ3v) is 5.66. The molecule has 2 aromatic heterocycles. The zero-order valence-electron chi connectivity index (χ0n) is 19.3. The fraction of sp³-hybridized carbons (Fsp3) is 0.478. The minimum absolute atomic E-state index is 0. The Morgan fingerprint density at radius 3 is 2.91 bits per heavy atom. The third-order valence-electron chi connectivity index (χ3n) is 5.66. The van der Waals surface area contributed by atoms with Gasteiger partial charge in [0.25, 0.3) is 0 Å². The molecule has 3 heterocycles. The van der Waals surface area contributed by atoms with E-state index in [4.69, 9.17) is 4.74 Å². The van der Waals surface area contributed by atoms with Crippen molar-refractivity contribution < 1.29 is 4.74 Å². The van der Waals surface area contributed by atoms with E-state index in [1.165, 1.54) is 5.56 Å². The van der Waals surface area contributed by atoms with Gasteiger partial charge in [0.05, 0.1) is 13.1 Å². The summed E-state index contributed by atoms with van der Waals surface area (Å²) in [7, 11) is 3.46. The number of hydrogen-bond acceptors (Lipinski definition) is 5. The molecule has 0 radical (unpaired) electrons. The number of aliphatic imine (C=N–C) groups is 1. The molecule has 0 amide bonds. The van der Waals surface area contributed by atoms with Crippen molar-refractivity contribution in [2.24, 2.45) is 4.99 Å². The Labute approximate surface area is 212 Å². The average Bonchev–Trinajstić information content (AvgIpc) is 3.43. The Balaban J connectivity index is 0.00000306. The van der Waals surface area contributed by atoms with Crippen LogP contribution in [0.25, 0.3) is 0 Å². The number of imidazole rings is 1. The summed E-state index contributed by atoms with van der Waals surface area (Å²) in [6.07, 6.45) is 7.92. The van der Waals surface area contributed by atoms with Crippen LogP contribution in [0.2, 0.25) is 0 Å². The molecule has 1 aromatic carbocycles. The van der Waals surface area contributed by atoms with Gasteiger partial charge in [0.2, 0.25) is 0 Å². The molecule has 1 aliphatic heterocycles. The van der Waals surface area contributed by atoms with Crippen LogP contribution >= 0.6 is 24.0 Å². The fourth-order valence-electron chi connectivity index (χ4n) is 4.03. The molecule has 1 atom stereocenters. The average molecular weight is 564 g/mol. The number of ether oxygens (including phenoxy) is 1. The molecule has 0 aliphatic carbocycles. The van der Waals surface area contributed by atoms with E-state index in [0.717, 1.165) is 62.2 Å². The van der Waals surface area contributed by atoms with Crippen LogP contribution in [0.5, 0.6) is 0 Å². The predicted octanol–water partition coefficient (Wildman–Crippen LogP) is 2.55. The highest BCUT2D eigenvalue weighted by molar-refractivity contribution is 14.0. The Kier molecular flexibility index (Phi) is 9.67. The fourth-order valence-corrected chi connectivity index (χ4v) is 4.03. The molecule has 0 bridgehead atoms. The molecule has 1 aliphatic rings. The van der Waals surface area contributed by atoms with E-state index in [9.17, 15) is 0 Å². The molecule has 0 saturated carbocycles. The molecular weight excluding hydrogens is 531 g/mol. The summed E-state index contributed by atoms with van der Waals surface area (Å²) in [5.74, 6) is 3.54. The highest BCUT2D eigenvalue weighted by Crippen LogP contribution is 2.13. The van der Waals surface area contributed by atoms with Crippen LogP contribution in [-0.4, -0.2) is 50.5 Å². The van der Waals surface area contributed by atoms with E-state index >= 15 is 0 Å². The number of rotatable bonds is 9. The second-order valence-corrected chi connectivity index (χ2v) is 7.99. The van der Waals surface area contributed by atoms with Crippen LogP contribution in [0, 0.1) is 0 Å². The Morgan fingerprint density at radius 1 is 1.27 bits per heavy atom. The number of methoxy groups -OCH3 is 1. The summed E-state index contributed by atoms with van der Waals surface area (Å²) < 4.78 is 9.33. The standard InChI is InChI=1S/C23H32N8O.HI/c1-24-23(27-19-10-11-21-28-20(17-32-2)29-31(21)16-19)26-15-22-25-12-14-30(22)13-6-9-18-7-4-3-5-8-18;/h3-5,7-8,12,14,19H,6,9-11,13,15-17H2,1-2H3,(H2,24,26,27);1H. The summed E-state index contributed by atoms with van der Waals surface area (Å²) in [6, 6.07) is 10.8. The number of guanidine groups is 1. The maximum Gasteiger partial charge on any atom is 0.191 e. The van der Waals surface area contributed by atoms with Crippen LogP contribution in [0.15, 0.2) is 47.7 Å². The van der Waals surface area contributed by atoms with Crippen LogP contribution in [0.3, 0.4) is 0 Å². The van der Waals surface area contributed by atoms with Crippen molar-refractivity contribution in [3.8, 4) is 0 Å². The second-order valence-electron chi connectivity index (χ2n) is 7.99. The number of halogens is 1. The number of aromatic nitrogens is 5. The summed E-state index contributed by atoms with van der Waals surface area (Å²) in [5, 5.41) is 11.5. The first-order valence-corrected chi connectivity index (χ1v) is 11.2. The predicted molar refractivity (Wildman–Crippen MR) is 139 cm³/mol. The van der Waals surface area contributed by atoms with Crippen molar-refractivity contribution in [1.82, 2.24) is 34.9 Å². The molecule has 10 heteroatoms. The van der Waals surface area contributed by atoms with Gasteiger partial charge < -0.3 is 19.9 Å². The first-order valence-electron chi connectivity index (χ1n) is 11.2. The zero-order chi connectivity index (χ0) is 22.2. The van der Waals surface area contributed by atoms with Gasteiger partial charge in [0.1, 0.15) is 18.3 Å². The highest BCUT2D eigenvalue weighted by atomic mass is 127. The van der Waals surface area contributed by atoms with Crippen molar-refractivity contribution in [2.45, 2.75) is 58.0 Å². The van der Waals surface area contributed by atoms with Crippen molar-refractivity contribution in [1.29, 1.82) is 0 Å². The molecule has 178 valence electrons. The van der Waals surface area contributed by atoms with Crippen LogP contribution in [-0.2, 0) is 43.8 Å². The third kappa shape index (κ3) is 7.00. The number of nitrogens with zero attached hydrogens (tertiary/aromatic N) is 6. The maximum atomic E-state index is 5.15. The first-order chi connectivity index (χ1) is 15.7. The monoisotopic (exact) mass is 564 g/mol. The van der Waals surface area contributed by atoms with Gasteiger partial charge in [-0.05, 0) is 24.8 Å². The van der Waals surface area contributed by atoms with Gasteiger partial charge >= 0.3 is 0 Å². The topological polar surface area (TPSA) is 94.2 Å². The quantitative estimate of drug-likeness (QED) is 0.236. The number of hydrogen-bond donors (Lipinski definition) is 2. The Morgan fingerprint density at radius 2 is 2.12 bits per heavy atom. The lowest BCUT2D eigenvalue weighted by molar-refractivity contribution is 0.177. The first kappa shape index (κ1) is 25.2. The molecule has 4 rings (SSSR count). The van der Waals surface area contributed by atoms with Gasteiger partial charge in [0.15, 0.2) is 11.8 Å². The molecule has 9 nitrogen and oxygen atoms in total. The number of benzene rings is 1.